The molecule has 0 saturated heterocycles. The topological polar surface area (TPSA) is 21.7 Å². The van der Waals surface area contributed by atoms with Crippen LogP contribution in [0, 0.1) is 0 Å². The van der Waals surface area contributed by atoms with Crippen molar-refractivity contribution in [3.8, 4) is 0 Å². The Labute approximate surface area is 136 Å². The van der Waals surface area contributed by atoms with Crippen LogP contribution in [0.25, 0.3) is 0 Å². The van der Waals surface area contributed by atoms with Crippen molar-refractivity contribution in [2.45, 2.75) is 85.3 Å². The number of rotatable bonds is 10. The van der Waals surface area contributed by atoms with Crippen LogP contribution in [0.3, 0.4) is 0 Å². The lowest BCUT2D eigenvalue weighted by Gasteiger charge is -2.41. The zero-order chi connectivity index (χ0) is 16.7. The lowest BCUT2D eigenvalue weighted by molar-refractivity contribution is 0.107. The predicted octanol–water partition coefficient (Wildman–Crippen LogP) is 3.97. The van der Waals surface area contributed by atoms with E-state index in [0.717, 1.165) is 19.3 Å². The van der Waals surface area contributed by atoms with E-state index in [1.54, 1.807) is 0 Å². The van der Waals surface area contributed by atoms with Gasteiger partial charge in [0.2, 0.25) is 0 Å². The summed E-state index contributed by atoms with van der Waals surface area (Å²) in [5.41, 5.74) is 0.559. The predicted molar refractivity (Wildman–Crippen MR) is 98.9 cm³/mol. The zero-order valence-electron chi connectivity index (χ0n) is 16.0. The highest BCUT2D eigenvalue weighted by molar-refractivity contribution is 6.68. The Morgan fingerprint density at radius 3 is 2.14 bits per heavy atom. The van der Waals surface area contributed by atoms with Crippen LogP contribution in [0.1, 0.15) is 54.4 Å². The molecule has 0 saturated carbocycles. The third-order valence-electron chi connectivity index (χ3n) is 4.03. The van der Waals surface area contributed by atoms with Crippen LogP contribution in [0.4, 0.5) is 0 Å². The Kier molecular flexibility index (Phi) is 9.59. The van der Waals surface area contributed by atoms with E-state index < -0.39 is 17.4 Å². The summed E-state index contributed by atoms with van der Waals surface area (Å²) < 4.78 is 12.6. The van der Waals surface area contributed by atoms with Gasteiger partial charge in [0.15, 0.2) is 0 Å². The lowest BCUT2D eigenvalue weighted by Crippen LogP contribution is -2.57. The molecule has 128 valence electrons. The van der Waals surface area contributed by atoms with Crippen molar-refractivity contribution < 1.29 is 8.85 Å². The Morgan fingerprint density at radius 2 is 1.76 bits per heavy atom. The van der Waals surface area contributed by atoms with E-state index in [1.165, 1.54) is 12.8 Å². The van der Waals surface area contributed by atoms with Crippen molar-refractivity contribution in [1.82, 2.24) is 4.90 Å². The number of nitrogens with zero attached hydrogens (tertiary/aromatic N) is 1. The first kappa shape index (κ1) is 21.3. The molecule has 0 amide bonds. The van der Waals surface area contributed by atoms with Crippen LogP contribution >= 0.6 is 0 Å². The quantitative estimate of drug-likeness (QED) is 0.565. The summed E-state index contributed by atoms with van der Waals surface area (Å²) in [5.74, 6) is 0. The maximum Gasteiger partial charge on any atom is 0.349 e. The molecule has 0 aliphatic rings. The number of hydrogen-bond donors (Lipinski definition) is 0. The average Bonchev–Trinajstić information content (AvgIpc) is 2.33. The fraction of sp³-hybridized carbons (Fsp3) is 1.00. The van der Waals surface area contributed by atoms with Crippen molar-refractivity contribution in [2.75, 3.05) is 19.3 Å². The van der Waals surface area contributed by atoms with Crippen LogP contribution in [0.5, 0.6) is 0 Å². The molecule has 0 aromatic heterocycles. The van der Waals surface area contributed by atoms with Gasteiger partial charge in [0.1, 0.15) is 0 Å². The van der Waals surface area contributed by atoms with Gasteiger partial charge in [-0.25, -0.2) is 0 Å². The van der Waals surface area contributed by atoms with E-state index in [0.29, 0.717) is 5.73 Å². The molecule has 2 atom stereocenters. The van der Waals surface area contributed by atoms with E-state index in [4.69, 9.17) is 8.85 Å². The van der Waals surface area contributed by atoms with E-state index in [9.17, 15) is 0 Å². The summed E-state index contributed by atoms with van der Waals surface area (Å²) >= 11 is 0. The Hall–Kier alpha value is 0.314. The molecule has 0 fully saturated rings. The van der Waals surface area contributed by atoms with Gasteiger partial charge < -0.3 is 8.85 Å². The van der Waals surface area contributed by atoms with E-state index in [-0.39, 0.29) is 5.54 Å². The second-order valence-corrected chi connectivity index (χ2v) is 14.1. The molecule has 0 aliphatic carbocycles. The second kappa shape index (κ2) is 9.45. The van der Waals surface area contributed by atoms with Crippen LogP contribution in [-0.2, 0) is 8.85 Å². The molecule has 3 nitrogen and oxygen atoms in total. The van der Waals surface area contributed by atoms with Crippen molar-refractivity contribution in [1.29, 1.82) is 0 Å². The Balaban J connectivity index is 4.97. The van der Waals surface area contributed by atoms with E-state index in [2.05, 4.69) is 66.1 Å². The van der Waals surface area contributed by atoms with Crippen LogP contribution in [0.2, 0.25) is 19.6 Å². The zero-order valence-corrected chi connectivity index (χ0v) is 18.1. The maximum absolute atomic E-state index is 6.48. The van der Waals surface area contributed by atoms with Gasteiger partial charge in [-0.2, -0.15) is 0 Å². The smallest absolute Gasteiger partial charge is 0.349 e. The number of unbranched alkanes of at least 4 members (excludes halogenated alkanes) is 1. The minimum atomic E-state index is -2.14. The molecule has 0 bridgehead atoms. The van der Waals surface area contributed by atoms with Gasteiger partial charge in [-0.3, -0.25) is 4.90 Å². The van der Waals surface area contributed by atoms with Gasteiger partial charge >= 0.3 is 8.56 Å². The minimum absolute atomic E-state index is 0.169. The van der Waals surface area contributed by atoms with Crippen molar-refractivity contribution >= 4 is 17.4 Å². The number of hydrogen-bond acceptors (Lipinski definition) is 3. The molecular weight excluding hydrogens is 294 g/mol. The van der Waals surface area contributed by atoms with Gasteiger partial charge in [-0.05, 0) is 54.1 Å². The summed E-state index contributed by atoms with van der Waals surface area (Å²) in [7, 11) is -2.92. The molecule has 5 heteroatoms. The molecule has 0 spiro atoms. The van der Waals surface area contributed by atoms with Gasteiger partial charge in [-0.15, -0.1) is 0 Å². The van der Waals surface area contributed by atoms with Gasteiger partial charge in [0, 0.05) is 24.0 Å². The highest BCUT2D eigenvalue weighted by Gasteiger charge is 2.38. The lowest BCUT2D eigenvalue weighted by atomic mass is 10.1. The SMILES string of the molecule is CCCCN(C[Si](C)(OCC)OC(C)[SiH](C)C)C(C)(C)C. The highest BCUT2D eigenvalue weighted by Crippen LogP contribution is 2.21. The van der Waals surface area contributed by atoms with E-state index >= 15 is 0 Å². The van der Waals surface area contributed by atoms with Crippen molar-refractivity contribution in [3.63, 3.8) is 0 Å². The summed E-state index contributed by atoms with van der Waals surface area (Å²) in [6.45, 7) is 22.3. The molecule has 0 rings (SSSR count). The molecule has 0 aromatic carbocycles. The third kappa shape index (κ3) is 8.50. The normalized spacial score (nSPS) is 17.3. The summed E-state index contributed by atoms with van der Waals surface area (Å²) in [6, 6.07) is 0. The fourth-order valence-electron chi connectivity index (χ4n) is 2.30. The third-order valence-corrected chi connectivity index (χ3v) is 9.04. The molecule has 2 unspecified atom stereocenters. The standard InChI is InChI=1S/C16H39NO2Si2/c1-10-12-13-17(16(4,5)6)14-21(9,18-11-2)19-15(3)20(7)8/h15,20H,10-14H2,1-9H3. The largest absolute Gasteiger partial charge is 0.394 e. The molecule has 0 N–H and O–H groups in total. The van der Waals surface area contributed by atoms with Gasteiger partial charge in [0.25, 0.3) is 0 Å². The molecule has 0 heterocycles. The molecule has 0 aliphatic heterocycles. The van der Waals surface area contributed by atoms with Crippen molar-refractivity contribution in [3.05, 3.63) is 0 Å². The second-order valence-electron chi connectivity index (χ2n) is 7.58. The first-order valence-electron chi connectivity index (χ1n) is 8.62. The monoisotopic (exact) mass is 333 g/mol. The fourth-order valence-corrected chi connectivity index (χ4v) is 7.21. The van der Waals surface area contributed by atoms with E-state index in [1.807, 2.05) is 0 Å². The van der Waals surface area contributed by atoms with Crippen LogP contribution in [-0.4, -0.2) is 52.8 Å². The highest BCUT2D eigenvalue weighted by atomic mass is 28.4. The van der Waals surface area contributed by atoms with Crippen LogP contribution in [0.15, 0.2) is 0 Å². The maximum atomic E-state index is 6.48. The molecular formula is C16H39NO2Si2. The Bertz CT molecular complexity index is 282. The van der Waals surface area contributed by atoms with Crippen molar-refractivity contribution in [2.24, 2.45) is 0 Å². The first-order valence-corrected chi connectivity index (χ1v) is 14.1. The van der Waals surface area contributed by atoms with Crippen LogP contribution < -0.4 is 0 Å². The van der Waals surface area contributed by atoms with Gasteiger partial charge in [-0.1, -0.05) is 26.4 Å². The molecule has 0 aromatic rings. The minimum Gasteiger partial charge on any atom is -0.394 e. The summed E-state index contributed by atoms with van der Waals surface area (Å²) in [5, 5.41) is 0. The summed E-state index contributed by atoms with van der Waals surface area (Å²) in [4.78, 5) is 2.56. The molecule has 21 heavy (non-hydrogen) atoms. The summed E-state index contributed by atoms with van der Waals surface area (Å²) in [6.07, 6.45) is 3.44. The Morgan fingerprint density at radius 1 is 1.19 bits per heavy atom. The van der Waals surface area contributed by atoms with Gasteiger partial charge in [0.05, 0.1) is 8.80 Å². The average molecular weight is 334 g/mol. The molecule has 0 radical (unpaired) electrons. The first-order chi connectivity index (χ1) is 9.55.